The van der Waals surface area contributed by atoms with Crippen LogP contribution in [-0.2, 0) is 26.2 Å². The second kappa shape index (κ2) is 12.8. The second-order valence-corrected chi connectivity index (χ2v) is 11.6. The summed E-state index contributed by atoms with van der Waals surface area (Å²) in [5.41, 5.74) is 0.634. The summed E-state index contributed by atoms with van der Waals surface area (Å²) in [6, 6.07) is 16.4. The molecule has 1 aliphatic heterocycles. The zero-order chi connectivity index (χ0) is 28.9. The van der Waals surface area contributed by atoms with Crippen molar-refractivity contribution in [3.8, 4) is 11.5 Å². The molecule has 1 N–H and O–H groups in total. The monoisotopic (exact) mass is 605 g/mol. The summed E-state index contributed by atoms with van der Waals surface area (Å²) in [5.74, 6) is -0.210. The zero-order valence-electron chi connectivity index (χ0n) is 22.0. The minimum atomic E-state index is -4.22. The van der Waals surface area contributed by atoms with Crippen LogP contribution < -0.4 is 19.1 Å². The molecule has 0 aliphatic carbocycles. The number of benzene rings is 3. The van der Waals surface area contributed by atoms with E-state index in [4.69, 9.17) is 32.7 Å². The highest BCUT2D eigenvalue weighted by molar-refractivity contribution is 7.92. The summed E-state index contributed by atoms with van der Waals surface area (Å²) in [6.45, 7) is 3.62. The van der Waals surface area contributed by atoms with Crippen molar-refractivity contribution in [3.05, 3.63) is 82.3 Å². The van der Waals surface area contributed by atoms with Gasteiger partial charge < -0.3 is 19.7 Å². The van der Waals surface area contributed by atoms with E-state index in [9.17, 15) is 18.0 Å². The number of carbonyl (C=O) groups is 2. The van der Waals surface area contributed by atoms with Gasteiger partial charge >= 0.3 is 0 Å². The molecule has 1 heterocycles. The maximum absolute atomic E-state index is 14.0. The number of amides is 2. The van der Waals surface area contributed by atoms with Crippen LogP contribution in [0.3, 0.4) is 0 Å². The van der Waals surface area contributed by atoms with Crippen molar-refractivity contribution in [1.82, 2.24) is 10.2 Å². The Balaban J connectivity index is 1.76. The second-order valence-electron chi connectivity index (χ2n) is 8.95. The van der Waals surface area contributed by atoms with Gasteiger partial charge in [-0.2, -0.15) is 0 Å². The Morgan fingerprint density at radius 1 is 0.950 bits per heavy atom. The van der Waals surface area contributed by atoms with Gasteiger partial charge in [0.25, 0.3) is 10.0 Å². The molecule has 40 heavy (non-hydrogen) atoms. The Hall–Kier alpha value is -3.47. The van der Waals surface area contributed by atoms with E-state index in [0.29, 0.717) is 46.9 Å². The van der Waals surface area contributed by atoms with Gasteiger partial charge in [0, 0.05) is 34.8 Å². The largest absolute Gasteiger partial charge is 0.486 e. The normalized spacial score (nSPS) is 13.3. The van der Waals surface area contributed by atoms with Crippen molar-refractivity contribution in [2.24, 2.45) is 0 Å². The standard InChI is InChI=1S/C28H29Cl2N3O6S/c1-3-31-28(35)19(2)32(17-22-23(29)10-7-11-24(22)30)27(34)18-33(40(36,37)21-8-5-4-6-9-21)20-12-13-25-26(16-20)39-15-14-38-25/h4-13,16,19H,3,14-15,17-18H2,1-2H3,(H,31,35)/t19-/m1/s1. The molecule has 1 aliphatic rings. The Kier molecular flexibility index (Phi) is 9.44. The van der Waals surface area contributed by atoms with Gasteiger partial charge in [-0.15, -0.1) is 0 Å². The molecule has 0 bridgehead atoms. The van der Waals surface area contributed by atoms with E-state index >= 15 is 0 Å². The molecule has 0 aromatic heterocycles. The molecule has 3 aromatic carbocycles. The quantitative estimate of drug-likeness (QED) is 0.364. The summed E-state index contributed by atoms with van der Waals surface area (Å²) in [5, 5.41) is 3.34. The van der Waals surface area contributed by atoms with E-state index in [1.807, 2.05) is 0 Å². The zero-order valence-corrected chi connectivity index (χ0v) is 24.3. The predicted molar refractivity (Wildman–Crippen MR) is 154 cm³/mol. The number of hydrogen-bond acceptors (Lipinski definition) is 6. The number of halogens is 2. The number of sulfonamides is 1. The van der Waals surface area contributed by atoms with Crippen LogP contribution in [0, 0.1) is 0 Å². The van der Waals surface area contributed by atoms with Crippen LogP contribution >= 0.6 is 23.2 Å². The van der Waals surface area contributed by atoms with E-state index in [-0.39, 0.29) is 17.1 Å². The van der Waals surface area contributed by atoms with Crippen molar-refractivity contribution >= 4 is 50.7 Å². The third-order valence-corrected chi connectivity index (χ3v) is 8.83. The fraction of sp³-hybridized carbons (Fsp3) is 0.286. The Bertz CT molecular complexity index is 1470. The SMILES string of the molecule is CCNC(=O)[C@@H](C)N(Cc1c(Cl)cccc1Cl)C(=O)CN(c1ccc2c(c1)OCCO2)S(=O)(=O)c1ccccc1. The average molecular weight is 607 g/mol. The van der Waals surface area contributed by atoms with Gasteiger partial charge in [0.1, 0.15) is 25.8 Å². The van der Waals surface area contributed by atoms with Crippen LogP contribution in [-0.4, -0.2) is 57.5 Å². The first kappa shape index (κ1) is 29.5. The summed E-state index contributed by atoms with van der Waals surface area (Å²) < 4.78 is 40.0. The summed E-state index contributed by atoms with van der Waals surface area (Å²) in [6.07, 6.45) is 0. The summed E-state index contributed by atoms with van der Waals surface area (Å²) in [7, 11) is -4.22. The molecule has 0 radical (unpaired) electrons. The van der Waals surface area contributed by atoms with Crippen molar-refractivity contribution < 1.29 is 27.5 Å². The number of anilines is 1. The molecule has 0 unspecified atom stereocenters. The van der Waals surface area contributed by atoms with Crippen LogP contribution in [0.25, 0.3) is 0 Å². The Labute approximate surface area is 243 Å². The number of nitrogens with one attached hydrogen (secondary N) is 1. The number of likely N-dealkylation sites (N-methyl/N-ethyl adjacent to an activating group) is 1. The van der Waals surface area contributed by atoms with Crippen LogP contribution in [0.5, 0.6) is 11.5 Å². The van der Waals surface area contributed by atoms with Gasteiger partial charge in [0.05, 0.1) is 10.6 Å². The molecular weight excluding hydrogens is 577 g/mol. The highest BCUT2D eigenvalue weighted by Gasteiger charge is 2.33. The first-order valence-corrected chi connectivity index (χ1v) is 14.8. The van der Waals surface area contributed by atoms with Crippen molar-refractivity contribution in [1.29, 1.82) is 0 Å². The lowest BCUT2D eigenvalue weighted by Gasteiger charge is -2.32. The number of nitrogens with zero attached hydrogens (tertiary/aromatic N) is 2. The van der Waals surface area contributed by atoms with Gasteiger partial charge in [-0.05, 0) is 50.2 Å². The molecule has 212 valence electrons. The Morgan fingerprint density at radius 3 is 2.25 bits per heavy atom. The fourth-order valence-corrected chi connectivity index (χ4v) is 6.14. The molecule has 0 fully saturated rings. The highest BCUT2D eigenvalue weighted by atomic mass is 35.5. The minimum absolute atomic E-state index is 0.00448. The molecule has 0 saturated carbocycles. The molecule has 9 nitrogen and oxygen atoms in total. The van der Waals surface area contributed by atoms with Gasteiger partial charge in [-0.3, -0.25) is 13.9 Å². The van der Waals surface area contributed by atoms with Gasteiger partial charge in [-0.1, -0.05) is 47.5 Å². The smallest absolute Gasteiger partial charge is 0.264 e. The molecule has 3 aromatic rings. The molecule has 0 saturated heterocycles. The van der Waals surface area contributed by atoms with E-state index in [1.54, 1.807) is 62.4 Å². The topological polar surface area (TPSA) is 105 Å². The first-order valence-electron chi connectivity index (χ1n) is 12.6. The lowest BCUT2D eigenvalue weighted by atomic mass is 10.1. The molecular formula is C28H29Cl2N3O6S. The third kappa shape index (κ3) is 6.46. The Morgan fingerprint density at radius 2 is 1.60 bits per heavy atom. The van der Waals surface area contributed by atoms with Crippen LogP contribution in [0.15, 0.2) is 71.6 Å². The number of carbonyl (C=O) groups excluding carboxylic acids is 2. The van der Waals surface area contributed by atoms with Crippen LogP contribution in [0.4, 0.5) is 5.69 Å². The molecule has 4 rings (SSSR count). The van der Waals surface area contributed by atoms with E-state index in [1.165, 1.54) is 23.1 Å². The third-order valence-electron chi connectivity index (χ3n) is 6.33. The maximum atomic E-state index is 14.0. The summed E-state index contributed by atoms with van der Waals surface area (Å²) >= 11 is 12.8. The lowest BCUT2D eigenvalue weighted by molar-refractivity contribution is -0.139. The van der Waals surface area contributed by atoms with Gasteiger partial charge in [-0.25, -0.2) is 8.42 Å². The highest BCUT2D eigenvalue weighted by Crippen LogP contribution is 2.36. The van der Waals surface area contributed by atoms with Crippen molar-refractivity contribution in [2.75, 3.05) is 30.6 Å². The van der Waals surface area contributed by atoms with E-state index in [0.717, 1.165) is 4.31 Å². The maximum Gasteiger partial charge on any atom is 0.264 e. The minimum Gasteiger partial charge on any atom is -0.486 e. The van der Waals surface area contributed by atoms with Gasteiger partial charge in [0.2, 0.25) is 11.8 Å². The van der Waals surface area contributed by atoms with E-state index in [2.05, 4.69) is 5.32 Å². The fourth-order valence-electron chi connectivity index (χ4n) is 4.19. The molecule has 1 atom stereocenters. The first-order chi connectivity index (χ1) is 19.1. The number of hydrogen-bond donors (Lipinski definition) is 1. The lowest BCUT2D eigenvalue weighted by Crippen LogP contribution is -2.51. The number of ether oxygens (including phenoxy) is 2. The molecule has 12 heteroatoms. The molecule has 0 spiro atoms. The number of rotatable bonds is 10. The van der Waals surface area contributed by atoms with Crippen molar-refractivity contribution in [3.63, 3.8) is 0 Å². The number of fused-ring (bicyclic) bond motifs is 1. The molecule has 2 amide bonds. The average Bonchev–Trinajstić information content (AvgIpc) is 2.95. The van der Waals surface area contributed by atoms with Crippen molar-refractivity contribution in [2.45, 2.75) is 31.3 Å². The van der Waals surface area contributed by atoms with Gasteiger partial charge in [0.15, 0.2) is 11.5 Å². The summed E-state index contributed by atoms with van der Waals surface area (Å²) in [4.78, 5) is 28.1. The van der Waals surface area contributed by atoms with E-state index < -0.39 is 34.4 Å². The predicted octanol–water partition coefficient (Wildman–Crippen LogP) is 4.51. The van der Waals surface area contributed by atoms with Crippen LogP contribution in [0.1, 0.15) is 19.4 Å². The van der Waals surface area contributed by atoms with Crippen LogP contribution in [0.2, 0.25) is 10.0 Å².